The molecule has 11 heteroatoms. The molecule has 0 unspecified atom stereocenters. The number of ether oxygens (including phenoxy) is 2. The third-order valence-corrected chi connectivity index (χ3v) is 9.61. The van der Waals surface area contributed by atoms with Crippen molar-refractivity contribution < 1.29 is 33.8 Å². The average molecular weight is 664 g/mol. The van der Waals surface area contributed by atoms with Gasteiger partial charge in [-0.1, -0.05) is 54.1 Å². The molecular formula is C36H42ClN3O7. The number of hydrogen-bond donors (Lipinski definition) is 2. The van der Waals surface area contributed by atoms with Crippen LogP contribution in [-0.2, 0) is 35.1 Å². The lowest BCUT2D eigenvalue weighted by Crippen LogP contribution is -2.59. The first-order valence-corrected chi connectivity index (χ1v) is 16.4. The summed E-state index contributed by atoms with van der Waals surface area (Å²) in [5.41, 5.74) is 0.133. The van der Waals surface area contributed by atoms with Gasteiger partial charge >= 0.3 is 5.97 Å². The summed E-state index contributed by atoms with van der Waals surface area (Å²) < 4.78 is 12.4. The number of rotatable bonds is 15. The normalized spacial score (nSPS) is 25.5. The maximum atomic E-state index is 14.8. The molecule has 3 amide bonds. The van der Waals surface area contributed by atoms with Crippen molar-refractivity contribution in [3.63, 3.8) is 0 Å². The van der Waals surface area contributed by atoms with Crippen molar-refractivity contribution in [3.05, 3.63) is 90.5 Å². The number of aliphatic hydroxyl groups is 1. The number of amides is 3. The van der Waals surface area contributed by atoms with Gasteiger partial charge in [-0.3, -0.25) is 19.2 Å². The number of halogens is 1. The van der Waals surface area contributed by atoms with E-state index in [4.69, 9.17) is 21.1 Å². The van der Waals surface area contributed by atoms with Gasteiger partial charge in [-0.15, -0.1) is 13.2 Å². The van der Waals surface area contributed by atoms with E-state index in [1.165, 1.54) is 9.80 Å². The molecule has 3 heterocycles. The first-order chi connectivity index (χ1) is 22.6. The number of carbonyl (C=O) groups is 4. The number of likely N-dealkylation sites (tertiary alicyclic amines) is 1. The van der Waals surface area contributed by atoms with Gasteiger partial charge in [-0.25, -0.2) is 0 Å². The molecule has 3 aliphatic rings. The number of benzene rings is 2. The topological polar surface area (TPSA) is 125 Å². The summed E-state index contributed by atoms with van der Waals surface area (Å²) in [6, 6.07) is 14.3. The Hall–Kier alpha value is -3.99. The summed E-state index contributed by atoms with van der Waals surface area (Å²) in [7, 11) is 0. The van der Waals surface area contributed by atoms with E-state index in [0.717, 1.165) is 5.56 Å². The SMILES string of the molecule is C=CCCC(=O)NC[C@H](C)OC(=O)[C@@H]1[C@@H]2CC[C@]3(O2)[C@H](C(=O)N(CC=C)c2ccc(Cl)cc2)N([C@@H](CO)Cc2ccccc2)C(=O)[C@@H]13. The van der Waals surface area contributed by atoms with Gasteiger partial charge in [-0.05, 0) is 62.4 Å². The van der Waals surface area contributed by atoms with Gasteiger partial charge in [0.25, 0.3) is 5.91 Å². The van der Waals surface area contributed by atoms with E-state index in [1.807, 2.05) is 30.3 Å². The summed E-state index contributed by atoms with van der Waals surface area (Å²) in [5.74, 6) is -3.56. The minimum atomic E-state index is -1.30. The Morgan fingerprint density at radius 2 is 1.89 bits per heavy atom. The lowest BCUT2D eigenvalue weighted by atomic mass is 9.70. The molecule has 10 nitrogen and oxygen atoms in total. The van der Waals surface area contributed by atoms with E-state index < -0.39 is 66.1 Å². The molecule has 1 spiro atoms. The Morgan fingerprint density at radius 1 is 1.17 bits per heavy atom. The van der Waals surface area contributed by atoms with E-state index >= 15 is 0 Å². The highest BCUT2D eigenvalue weighted by Crippen LogP contribution is 2.59. The fourth-order valence-electron chi connectivity index (χ4n) is 7.29. The second kappa shape index (κ2) is 14.8. The van der Waals surface area contributed by atoms with E-state index in [9.17, 15) is 24.3 Å². The number of esters is 1. The van der Waals surface area contributed by atoms with Crippen LogP contribution in [0.4, 0.5) is 5.69 Å². The van der Waals surface area contributed by atoms with Crippen LogP contribution in [0.1, 0.15) is 38.2 Å². The van der Waals surface area contributed by atoms with Crippen LogP contribution in [0.15, 0.2) is 79.9 Å². The first kappa shape index (κ1) is 34.3. The molecule has 2 aromatic rings. The first-order valence-electron chi connectivity index (χ1n) is 16.1. The molecule has 0 aliphatic carbocycles. The summed E-state index contributed by atoms with van der Waals surface area (Å²) >= 11 is 6.15. The second-order valence-corrected chi connectivity index (χ2v) is 12.9. The Balaban J connectivity index is 1.48. The zero-order chi connectivity index (χ0) is 33.7. The zero-order valence-corrected chi connectivity index (χ0v) is 27.3. The van der Waals surface area contributed by atoms with Gasteiger partial charge in [-0.2, -0.15) is 0 Å². The standard InChI is InChI=1S/C36H42ClN3O7/c1-4-6-12-29(42)38-21-23(3)46-35(45)30-28-17-18-36(47-28)31(30)33(43)40(27(22-41)20-24-10-8-7-9-11-24)32(36)34(44)39(19-5-2)26-15-13-25(37)14-16-26/h4-5,7-11,13-16,23,27-28,30-32,41H,1-2,6,12,17-22H2,3H3,(H,38,42)/t23-,27+,28-,30+,31+,32-,36+/m0/s1. The summed E-state index contributed by atoms with van der Waals surface area (Å²) in [4.78, 5) is 58.2. The van der Waals surface area contributed by atoms with Crippen molar-refractivity contribution in [1.82, 2.24) is 10.2 Å². The predicted molar refractivity (Wildman–Crippen MR) is 177 cm³/mol. The highest BCUT2D eigenvalue weighted by atomic mass is 35.5. The van der Waals surface area contributed by atoms with E-state index in [2.05, 4.69) is 18.5 Å². The van der Waals surface area contributed by atoms with Crippen molar-refractivity contribution in [2.75, 3.05) is 24.6 Å². The quantitative estimate of drug-likeness (QED) is 0.219. The zero-order valence-electron chi connectivity index (χ0n) is 26.6. The van der Waals surface area contributed by atoms with Gasteiger partial charge in [0.05, 0.1) is 37.1 Å². The molecule has 3 fully saturated rings. The van der Waals surface area contributed by atoms with Gasteiger partial charge in [0, 0.05) is 23.7 Å². The Bertz CT molecular complexity index is 1490. The largest absolute Gasteiger partial charge is 0.460 e. The Morgan fingerprint density at radius 3 is 2.55 bits per heavy atom. The van der Waals surface area contributed by atoms with Crippen molar-refractivity contribution >= 4 is 41.0 Å². The van der Waals surface area contributed by atoms with E-state index in [0.29, 0.717) is 36.4 Å². The molecule has 2 bridgehead atoms. The van der Waals surface area contributed by atoms with Gasteiger partial charge in [0.15, 0.2) is 0 Å². The lowest BCUT2D eigenvalue weighted by molar-refractivity contribution is -0.159. The third-order valence-electron chi connectivity index (χ3n) is 9.36. The highest BCUT2D eigenvalue weighted by Gasteiger charge is 2.75. The van der Waals surface area contributed by atoms with Crippen molar-refractivity contribution in [2.45, 2.75) is 68.9 Å². The average Bonchev–Trinajstić information content (AvgIpc) is 3.72. The van der Waals surface area contributed by atoms with Crippen LogP contribution in [0.2, 0.25) is 5.02 Å². The van der Waals surface area contributed by atoms with Gasteiger partial charge in [0.2, 0.25) is 11.8 Å². The van der Waals surface area contributed by atoms with Crippen LogP contribution >= 0.6 is 11.6 Å². The number of nitrogens with one attached hydrogen (secondary N) is 1. The summed E-state index contributed by atoms with van der Waals surface area (Å²) in [6.45, 7) is 8.99. The number of hydrogen-bond acceptors (Lipinski definition) is 7. The maximum Gasteiger partial charge on any atom is 0.312 e. The highest BCUT2D eigenvalue weighted by molar-refractivity contribution is 6.30. The molecule has 250 valence electrons. The minimum absolute atomic E-state index is 0.109. The van der Waals surface area contributed by atoms with Crippen molar-refractivity contribution in [1.29, 1.82) is 0 Å². The summed E-state index contributed by atoms with van der Waals surface area (Å²) in [6.07, 6.45) is 3.91. The molecule has 2 aromatic carbocycles. The smallest absolute Gasteiger partial charge is 0.312 e. The van der Waals surface area contributed by atoms with Crippen LogP contribution in [0, 0.1) is 11.8 Å². The van der Waals surface area contributed by atoms with Crippen LogP contribution in [0.25, 0.3) is 0 Å². The molecule has 0 radical (unpaired) electrons. The monoisotopic (exact) mass is 663 g/mol. The number of carbonyl (C=O) groups excluding carboxylic acids is 4. The van der Waals surface area contributed by atoms with E-state index in [-0.39, 0.29) is 25.4 Å². The molecular weight excluding hydrogens is 622 g/mol. The number of anilines is 1. The number of nitrogens with zero attached hydrogens (tertiary/aromatic N) is 2. The molecule has 47 heavy (non-hydrogen) atoms. The fraction of sp³-hybridized carbons (Fsp3) is 0.444. The van der Waals surface area contributed by atoms with Crippen molar-refractivity contribution in [3.8, 4) is 0 Å². The van der Waals surface area contributed by atoms with Crippen LogP contribution in [0.5, 0.6) is 0 Å². The predicted octanol–water partition coefficient (Wildman–Crippen LogP) is 3.85. The molecule has 2 N–H and O–H groups in total. The van der Waals surface area contributed by atoms with Crippen molar-refractivity contribution in [2.24, 2.45) is 11.8 Å². The molecule has 7 atom stereocenters. The molecule has 5 rings (SSSR count). The third kappa shape index (κ3) is 6.86. The Labute approximate surface area is 280 Å². The molecule has 0 aromatic heterocycles. The number of aliphatic hydroxyl groups excluding tert-OH is 1. The fourth-order valence-corrected chi connectivity index (χ4v) is 7.41. The number of fused-ring (bicyclic) bond motifs is 1. The van der Waals surface area contributed by atoms with Crippen LogP contribution in [-0.4, -0.2) is 83.3 Å². The molecule has 3 saturated heterocycles. The van der Waals surface area contributed by atoms with Gasteiger partial charge < -0.3 is 29.7 Å². The Kier molecular flexibility index (Phi) is 10.8. The molecule has 0 saturated carbocycles. The van der Waals surface area contributed by atoms with Crippen LogP contribution in [0.3, 0.4) is 0 Å². The number of allylic oxidation sites excluding steroid dienone is 1. The van der Waals surface area contributed by atoms with E-state index in [1.54, 1.807) is 43.3 Å². The second-order valence-electron chi connectivity index (χ2n) is 12.4. The summed E-state index contributed by atoms with van der Waals surface area (Å²) in [5, 5.41) is 14.0. The van der Waals surface area contributed by atoms with Crippen LogP contribution < -0.4 is 10.2 Å². The molecule has 3 aliphatic heterocycles. The maximum absolute atomic E-state index is 14.8. The lowest BCUT2D eigenvalue weighted by Gasteiger charge is -2.39. The van der Waals surface area contributed by atoms with Gasteiger partial charge in [0.1, 0.15) is 17.7 Å². The minimum Gasteiger partial charge on any atom is -0.460 e.